The maximum absolute atomic E-state index is 12.0. The first-order chi connectivity index (χ1) is 8.65. The number of ketones is 1. The van der Waals surface area contributed by atoms with Gasteiger partial charge < -0.3 is 0 Å². The molecule has 0 radical (unpaired) electrons. The maximum atomic E-state index is 12.0. The second-order valence-corrected chi connectivity index (χ2v) is 6.52. The molecule has 0 saturated heterocycles. The number of pyridine rings is 1. The third kappa shape index (κ3) is 3.73. The summed E-state index contributed by atoms with van der Waals surface area (Å²) in [5, 5.41) is 0. The van der Waals surface area contributed by atoms with Crippen LogP contribution in [-0.2, 0) is 6.54 Å². The summed E-state index contributed by atoms with van der Waals surface area (Å²) in [7, 11) is 1.95. The van der Waals surface area contributed by atoms with E-state index in [4.69, 9.17) is 0 Å². The van der Waals surface area contributed by atoms with Gasteiger partial charge in [-0.15, -0.1) is 11.3 Å². The number of likely N-dealkylation sites (N-methyl/N-ethyl adjacent to an activating group) is 1. The Morgan fingerprint density at radius 1 is 1.33 bits per heavy atom. The molecule has 2 aromatic heterocycles. The molecule has 5 heteroatoms. The van der Waals surface area contributed by atoms with Crippen LogP contribution in [0.15, 0.2) is 40.4 Å². The monoisotopic (exact) mass is 324 g/mol. The predicted octanol–water partition coefficient (Wildman–Crippen LogP) is 3.22. The lowest BCUT2D eigenvalue weighted by atomic mass is 10.2. The fraction of sp³-hybridized carbons (Fsp3) is 0.231. The van der Waals surface area contributed by atoms with Crippen LogP contribution < -0.4 is 0 Å². The van der Waals surface area contributed by atoms with E-state index in [9.17, 15) is 4.79 Å². The number of carbonyl (C=O) groups excluding carboxylic acids is 1. The Morgan fingerprint density at radius 2 is 2.06 bits per heavy atom. The minimum atomic E-state index is 0.155. The zero-order valence-electron chi connectivity index (χ0n) is 9.97. The van der Waals surface area contributed by atoms with Crippen LogP contribution in [-0.4, -0.2) is 29.3 Å². The van der Waals surface area contributed by atoms with Crippen molar-refractivity contribution in [3.8, 4) is 0 Å². The third-order valence-electron chi connectivity index (χ3n) is 2.46. The topological polar surface area (TPSA) is 33.2 Å². The highest BCUT2D eigenvalue weighted by Gasteiger charge is 2.11. The van der Waals surface area contributed by atoms with Crippen molar-refractivity contribution < 1.29 is 4.79 Å². The van der Waals surface area contributed by atoms with E-state index >= 15 is 0 Å². The normalized spacial score (nSPS) is 10.8. The number of carbonyl (C=O) groups is 1. The molecule has 0 aliphatic heterocycles. The van der Waals surface area contributed by atoms with Crippen molar-refractivity contribution in [2.24, 2.45) is 0 Å². The maximum Gasteiger partial charge on any atom is 0.186 e. The lowest BCUT2D eigenvalue weighted by molar-refractivity contribution is 0.0947. The summed E-state index contributed by atoms with van der Waals surface area (Å²) in [5.74, 6) is 0.155. The third-order valence-corrected chi connectivity index (χ3v) is 4.13. The summed E-state index contributed by atoms with van der Waals surface area (Å²) in [5.41, 5.74) is 1.16. The zero-order valence-corrected chi connectivity index (χ0v) is 12.4. The highest BCUT2D eigenvalue weighted by Crippen LogP contribution is 2.22. The summed E-state index contributed by atoms with van der Waals surface area (Å²) in [6.07, 6.45) is 3.53. The fourth-order valence-corrected chi connectivity index (χ4v) is 2.96. The first kappa shape index (κ1) is 13.4. The van der Waals surface area contributed by atoms with E-state index in [-0.39, 0.29) is 5.78 Å². The smallest absolute Gasteiger partial charge is 0.186 e. The molecule has 0 saturated carbocycles. The molecule has 2 aromatic rings. The fourth-order valence-electron chi connectivity index (χ4n) is 1.64. The van der Waals surface area contributed by atoms with Gasteiger partial charge in [-0.2, -0.15) is 0 Å². The largest absolute Gasteiger partial charge is 0.295 e. The summed E-state index contributed by atoms with van der Waals surface area (Å²) in [6, 6.07) is 7.68. The Balaban J connectivity index is 1.92. The average Bonchev–Trinajstić information content (AvgIpc) is 2.77. The van der Waals surface area contributed by atoms with E-state index in [1.54, 1.807) is 12.4 Å². The highest BCUT2D eigenvalue weighted by molar-refractivity contribution is 9.11. The summed E-state index contributed by atoms with van der Waals surface area (Å²) >= 11 is 4.84. The number of aromatic nitrogens is 1. The van der Waals surface area contributed by atoms with Crippen molar-refractivity contribution in [3.63, 3.8) is 0 Å². The van der Waals surface area contributed by atoms with Gasteiger partial charge >= 0.3 is 0 Å². The Hall–Kier alpha value is -1.04. The van der Waals surface area contributed by atoms with E-state index < -0.39 is 0 Å². The molecule has 0 atom stereocenters. The van der Waals surface area contributed by atoms with Gasteiger partial charge in [0.25, 0.3) is 0 Å². The molecule has 0 aliphatic rings. The molecule has 0 aliphatic carbocycles. The predicted molar refractivity (Wildman–Crippen MR) is 76.9 cm³/mol. The molecule has 94 valence electrons. The van der Waals surface area contributed by atoms with Gasteiger partial charge in [0.2, 0.25) is 0 Å². The van der Waals surface area contributed by atoms with Crippen LogP contribution in [0.4, 0.5) is 0 Å². The first-order valence-corrected chi connectivity index (χ1v) is 7.12. The van der Waals surface area contributed by atoms with Crippen molar-refractivity contribution >= 4 is 33.0 Å². The van der Waals surface area contributed by atoms with E-state index in [0.717, 1.165) is 20.8 Å². The average molecular weight is 325 g/mol. The molecule has 2 heterocycles. The van der Waals surface area contributed by atoms with Crippen LogP contribution in [0.5, 0.6) is 0 Å². The molecule has 3 nitrogen and oxygen atoms in total. The van der Waals surface area contributed by atoms with E-state index in [1.807, 2.05) is 36.2 Å². The second-order valence-electron chi connectivity index (χ2n) is 4.05. The number of nitrogens with zero attached hydrogens (tertiary/aromatic N) is 2. The molecule has 0 fully saturated rings. The van der Waals surface area contributed by atoms with Crippen molar-refractivity contribution in [1.29, 1.82) is 0 Å². The van der Waals surface area contributed by atoms with Crippen molar-refractivity contribution in [2.75, 3.05) is 13.6 Å². The molecule has 0 aromatic carbocycles. The van der Waals surface area contributed by atoms with Crippen LogP contribution in [0.2, 0.25) is 0 Å². The molecule has 0 spiro atoms. The van der Waals surface area contributed by atoms with Crippen molar-refractivity contribution in [1.82, 2.24) is 9.88 Å². The molecular formula is C13H13BrN2OS. The van der Waals surface area contributed by atoms with Gasteiger partial charge in [-0.3, -0.25) is 14.7 Å². The van der Waals surface area contributed by atoms with Crippen LogP contribution in [0.3, 0.4) is 0 Å². The second kappa shape index (κ2) is 6.22. The van der Waals surface area contributed by atoms with Gasteiger partial charge in [0.15, 0.2) is 5.78 Å². The number of hydrogen-bond donors (Lipinski definition) is 0. The number of halogens is 1. The van der Waals surface area contributed by atoms with Gasteiger partial charge in [0.05, 0.1) is 15.2 Å². The lowest BCUT2D eigenvalue weighted by Crippen LogP contribution is -2.25. The van der Waals surface area contributed by atoms with E-state index in [2.05, 4.69) is 20.9 Å². The van der Waals surface area contributed by atoms with Crippen molar-refractivity contribution in [2.45, 2.75) is 6.54 Å². The van der Waals surface area contributed by atoms with Gasteiger partial charge in [0, 0.05) is 18.9 Å². The molecule has 0 bridgehead atoms. The van der Waals surface area contributed by atoms with Crippen LogP contribution in [0, 0.1) is 0 Å². The Bertz CT molecular complexity index is 527. The molecule has 0 amide bonds. The van der Waals surface area contributed by atoms with Gasteiger partial charge in [-0.1, -0.05) is 0 Å². The number of hydrogen-bond acceptors (Lipinski definition) is 4. The Labute approximate surface area is 119 Å². The summed E-state index contributed by atoms with van der Waals surface area (Å²) in [4.78, 5) is 18.8. The lowest BCUT2D eigenvalue weighted by Gasteiger charge is -2.15. The standard InChI is InChI=1S/C13H13BrN2OS/c1-16(8-10-4-6-15-7-5-10)9-11(17)12-2-3-13(14)18-12/h2-7H,8-9H2,1H3. The van der Waals surface area contributed by atoms with E-state index in [1.165, 1.54) is 11.3 Å². The van der Waals surface area contributed by atoms with E-state index in [0.29, 0.717) is 6.54 Å². The van der Waals surface area contributed by atoms with Gasteiger partial charge in [-0.05, 0) is 52.8 Å². The molecular weight excluding hydrogens is 312 g/mol. The zero-order chi connectivity index (χ0) is 13.0. The first-order valence-electron chi connectivity index (χ1n) is 5.51. The minimum Gasteiger partial charge on any atom is -0.295 e. The van der Waals surface area contributed by atoms with Crippen molar-refractivity contribution in [3.05, 3.63) is 50.9 Å². The number of thiophene rings is 1. The molecule has 2 rings (SSSR count). The summed E-state index contributed by atoms with van der Waals surface area (Å²) in [6.45, 7) is 1.18. The van der Waals surface area contributed by atoms with Gasteiger partial charge in [0.1, 0.15) is 0 Å². The van der Waals surface area contributed by atoms with Crippen LogP contribution in [0.25, 0.3) is 0 Å². The minimum absolute atomic E-state index is 0.155. The number of rotatable bonds is 5. The quantitative estimate of drug-likeness (QED) is 0.792. The number of Topliss-reactive ketones (excluding diaryl/α,β-unsaturated/α-hetero) is 1. The molecule has 0 unspecified atom stereocenters. The van der Waals surface area contributed by atoms with Crippen LogP contribution in [0.1, 0.15) is 15.2 Å². The van der Waals surface area contributed by atoms with Crippen LogP contribution >= 0.6 is 27.3 Å². The molecule has 18 heavy (non-hydrogen) atoms. The summed E-state index contributed by atoms with van der Waals surface area (Å²) < 4.78 is 0.989. The Kier molecular flexibility index (Phi) is 4.63. The molecule has 0 N–H and O–H groups in total. The highest BCUT2D eigenvalue weighted by atomic mass is 79.9. The van der Waals surface area contributed by atoms with Gasteiger partial charge in [-0.25, -0.2) is 0 Å². The Morgan fingerprint density at radius 3 is 2.67 bits per heavy atom. The SMILES string of the molecule is CN(CC(=O)c1ccc(Br)s1)Cc1ccncc1.